The van der Waals surface area contributed by atoms with E-state index in [9.17, 15) is 4.79 Å². The van der Waals surface area contributed by atoms with E-state index >= 15 is 0 Å². The first-order valence-corrected chi connectivity index (χ1v) is 6.49. The highest BCUT2D eigenvalue weighted by Crippen LogP contribution is 2.18. The molecule has 0 amide bonds. The second-order valence-electron chi connectivity index (χ2n) is 5.22. The quantitative estimate of drug-likeness (QED) is 0.853. The Balaban J connectivity index is 2.07. The number of nitrogens with one attached hydrogen (secondary N) is 1. The zero-order valence-electron chi connectivity index (χ0n) is 11.4. The molecule has 1 atom stereocenters. The summed E-state index contributed by atoms with van der Waals surface area (Å²) in [6.45, 7) is 3.08. The van der Waals surface area contributed by atoms with Crippen LogP contribution in [0.3, 0.4) is 0 Å². The van der Waals surface area contributed by atoms with E-state index in [4.69, 9.17) is 5.26 Å². The summed E-state index contributed by atoms with van der Waals surface area (Å²) < 4.78 is 0. The van der Waals surface area contributed by atoms with Crippen molar-refractivity contribution in [1.29, 1.82) is 5.26 Å². The first kappa shape index (κ1) is 13.6. The van der Waals surface area contributed by atoms with Gasteiger partial charge in [0.15, 0.2) is 0 Å². The predicted octanol–water partition coefficient (Wildman–Crippen LogP) is 0.420. The molecule has 0 bridgehead atoms. The molecule has 0 radical (unpaired) electrons. The van der Waals surface area contributed by atoms with Gasteiger partial charge in [-0.05, 0) is 32.4 Å². The van der Waals surface area contributed by atoms with Gasteiger partial charge in [0.2, 0.25) is 0 Å². The van der Waals surface area contributed by atoms with Crippen LogP contribution in [0.5, 0.6) is 0 Å². The Morgan fingerprint density at radius 2 is 2.47 bits per heavy atom. The topological polar surface area (TPSA) is 76.0 Å². The number of likely N-dealkylation sites (tertiary alicyclic amines) is 1. The lowest BCUT2D eigenvalue weighted by Gasteiger charge is -2.32. The number of rotatable bonds is 3. The van der Waals surface area contributed by atoms with E-state index in [1.54, 1.807) is 6.07 Å². The molecule has 1 fully saturated rings. The normalized spacial score (nSPS) is 19.9. The van der Waals surface area contributed by atoms with Crippen LogP contribution < -0.4 is 10.6 Å². The third-order valence-corrected chi connectivity index (χ3v) is 3.50. The van der Waals surface area contributed by atoms with Gasteiger partial charge in [-0.3, -0.25) is 4.98 Å². The highest BCUT2D eigenvalue weighted by Gasteiger charge is 2.19. The maximum Gasteiger partial charge on any atom is 0.347 e. The molecule has 1 aromatic heterocycles. The molecule has 2 rings (SSSR count). The third-order valence-electron chi connectivity index (χ3n) is 3.50. The Labute approximate surface area is 112 Å². The summed E-state index contributed by atoms with van der Waals surface area (Å²) in [5, 5.41) is 8.85. The van der Waals surface area contributed by atoms with Crippen LogP contribution in [0, 0.1) is 17.2 Å². The summed E-state index contributed by atoms with van der Waals surface area (Å²) in [4.78, 5) is 22.0. The van der Waals surface area contributed by atoms with Crippen molar-refractivity contribution >= 4 is 5.82 Å². The van der Waals surface area contributed by atoms with Gasteiger partial charge in [0.1, 0.15) is 17.6 Å². The fraction of sp³-hybridized carbons (Fsp3) is 0.615. The standard InChI is InChI=1S/C13H19N5O/c1-17-5-3-4-10(8-17)9-18(2)12-6-11(7-14)15-13(19)16-12/h6,10H,3-5,8-9H2,1-2H3,(H,15,16,19). The van der Waals surface area contributed by atoms with Gasteiger partial charge in [-0.1, -0.05) is 0 Å². The lowest BCUT2D eigenvalue weighted by atomic mass is 9.98. The molecule has 6 nitrogen and oxygen atoms in total. The van der Waals surface area contributed by atoms with Crippen molar-refractivity contribution in [2.45, 2.75) is 12.8 Å². The molecule has 0 saturated carbocycles. The number of aromatic nitrogens is 2. The molecule has 1 aliphatic heterocycles. The number of aromatic amines is 1. The van der Waals surface area contributed by atoms with Crippen molar-refractivity contribution in [3.05, 3.63) is 22.2 Å². The Hall–Kier alpha value is -1.87. The largest absolute Gasteiger partial charge is 0.359 e. The van der Waals surface area contributed by atoms with E-state index in [2.05, 4.69) is 21.9 Å². The van der Waals surface area contributed by atoms with Crippen LogP contribution in [0.2, 0.25) is 0 Å². The average molecular weight is 261 g/mol. The van der Waals surface area contributed by atoms with Crippen LogP contribution in [0.15, 0.2) is 10.9 Å². The SMILES string of the molecule is CN1CCCC(CN(C)c2cc(C#N)[nH]c(=O)n2)C1. The summed E-state index contributed by atoms with van der Waals surface area (Å²) in [7, 11) is 4.04. The third kappa shape index (κ3) is 3.55. The van der Waals surface area contributed by atoms with Gasteiger partial charge >= 0.3 is 5.69 Å². The van der Waals surface area contributed by atoms with Gasteiger partial charge in [-0.25, -0.2) is 4.79 Å². The Morgan fingerprint density at radius 1 is 1.68 bits per heavy atom. The fourth-order valence-corrected chi connectivity index (χ4v) is 2.60. The van der Waals surface area contributed by atoms with Crippen LogP contribution in [0.4, 0.5) is 5.82 Å². The van der Waals surface area contributed by atoms with Crippen LogP contribution in [-0.2, 0) is 0 Å². The Bertz CT molecular complexity index is 533. The van der Waals surface area contributed by atoms with E-state index in [1.807, 2.05) is 18.0 Å². The number of hydrogen-bond donors (Lipinski definition) is 1. The number of nitrogens with zero attached hydrogens (tertiary/aromatic N) is 4. The highest BCUT2D eigenvalue weighted by molar-refractivity contribution is 5.41. The van der Waals surface area contributed by atoms with Gasteiger partial charge in [0.05, 0.1) is 0 Å². The monoisotopic (exact) mass is 261 g/mol. The first-order valence-electron chi connectivity index (χ1n) is 6.49. The maximum absolute atomic E-state index is 11.4. The molecule has 0 aliphatic carbocycles. The zero-order chi connectivity index (χ0) is 13.8. The second-order valence-corrected chi connectivity index (χ2v) is 5.22. The number of hydrogen-bond acceptors (Lipinski definition) is 5. The van der Waals surface area contributed by atoms with E-state index in [-0.39, 0.29) is 5.69 Å². The van der Waals surface area contributed by atoms with E-state index in [0.717, 1.165) is 19.6 Å². The van der Waals surface area contributed by atoms with Crippen molar-refractivity contribution in [2.24, 2.45) is 5.92 Å². The lowest BCUT2D eigenvalue weighted by Crippen LogP contribution is -2.38. The molecule has 1 unspecified atom stereocenters. The van der Waals surface area contributed by atoms with Crippen molar-refractivity contribution in [3.8, 4) is 6.07 Å². The van der Waals surface area contributed by atoms with Crippen molar-refractivity contribution in [3.63, 3.8) is 0 Å². The fourth-order valence-electron chi connectivity index (χ4n) is 2.60. The van der Waals surface area contributed by atoms with Crippen LogP contribution >= 0.6 is 0 Å². The molecule has 19 heavy (non-hydrogen) atoms. The number of piperidine rings is 1. The van der Waals surface area contributed by atoms with Crippen LogP contribution in [-0.4, -0.2) is 48.6 Å². The van der Waals surface area contributed by atoms with Gasteiger partial charge < -0.3 is 9.80 Å². The molecule has 102 valence electrons. The van der Waals surface area contributed by atoms with Crippen LogP contribution in [0.25, 0.3) is 0 Å². The number of H-pyrrole nitrogens is 1. The molecule has 1 N–H and O–H groups in total. The molecule has 1 aliphatic rings. The van der Waals surface area contributed by atoms with Gasteiger partial charge in [0, 0.05) is 26.2 Å². The molecule has 1 aromatic rings. The molecular weight excluding hydrogens is 242 g/mol. The highest BCUT2D eigenvalue weighted by atomic mass is 16.1. The minimum absolute atomic E-state index is 0.252. The zero-order valence-corrected chi connectivity index (χ0v) is 11.4. The molecule has 1 saturated heterocycles. The Kier molecular flexibility index (Phi) is 4.17. The molecule has 6 heteroatoms. The minimum Gasteiger partial charge on any atom is -0.359 e. The average Bonchev–Trinajstić information content (AvgIpc) is 2.38. The number of nitriles is 1. The van der Waals surface area contributed by atoms with Crippen molar-refractivity contribution < 1.29 is 0 Å². The molecular formula is C13H19N5O. The summed E-state index contributed by atoms with van der Waals surface area (Å²) in [5.74, 6) is 1.14. The van der Waals surface area contributed by atoms with Gasteiger partial charge in [-0.2, -0.15) is 10.2 Å². The smallest absolute Gasteiger partial charge is 0.347 e. The van der Waals surface area contributed by atoms with E-state index in [0.29, 0.717) is 11.7 Å². The van der Waals surface area contributed by atoms with E-state index < -0.39 is 5.69 Å². The summed E-state index contributed by atoms with van der Waals surface area (Å²) in [6, 6.07) is 3.56. The minimum atomic E-state index is -0.471. The Morgan fingerprint density at radius 3 is 3.16 bits per heavy atom. The van der Waals surface area contributed by atoms with E-state index in [1.165, 1.54) is 12.8 Å². The van der Waals surface area contributed by atoms with Crippen molar-refractivity contribution in [2.75, 3.05) is 38.6 Å². The summed E-state index contributed by atoms with van der Waals surface area (Å²) >= 11 is 0. The second kappa shape index (κ2) is 5.85. The molecule has 2 heterocycles. The predicted molar refractivity (Wildman–Crippen MR) is 73.1 cm³/mol. The summed E-state index contributed by atoms with van der Waals surface area (Å²) in [5.41, 5.74) is -0.218. The number of anilines is 1. The van der Waals surface area contributed by atoms with Crippen LogP contribution in [0.1, 0.15) is 18.5 Å². The molecule has 0 aromatic carbocycles. The lowest BCUT2D eigenvalue weighted by molar-refractivity contribution is 0.213. The first-order chi connectivity index (χ1) is 9.08. The summed E-state index contributed by atoms with van der Waals surface area (Å²) in [6.07, 6.45) is 2.41. The van der Waals surface area contributed by atoms with Crippen molar-refractivity contribution in [1.82, 2.24) is 14.9 Å². The molecule has 0 spiro atoms. The maximum atomic E-state index is 11.4. The van der Waals surface area contributed by atoms with Gasteiger partial charge in [-0.15, -0.1) is 0 Å². The van der Waals surface area contributed by atoms with Gasteiger partial charge in [0.25, 0.3) is 0 Å².